The second-order valence-corrected chi connectivity index (χ2v) is 8.45. The number of thioether (sulfide) groups is 1. The number of carbonyl (C=O) groups excluding carboxylic acids is 1. The summed E-state index contributed by atoms with van der Waals surface area (Å²) in [5, 5.41) is 12.0. The third kappa shape index (κ3) is 5.79. The monoisotopic (exact) mass is 440 g/mol. The van der Waals surface area contributed by atoms with E-state index in [1.807, 2.05) is 80.8 Å². The van der Waals surface area contributed by atoms with Crippen LogP contribution in [0, 0.1) is 6.92 Å². The van der Waals surface area contributed by atoms with Crippen molar-refractivity contribution in [3.8, 4) is 11.5 Å². The van der Waals surface area contributed by atoms with E-state index >= 15 is 0 Å². The molecule has 164 valence electrons. The van der Waals surface area contributed by atoms with Gasteiger partial charge in [-0.3, -0.25) is 4.79 Å². The van der Waals surface area contributed by atoms with Crippen LogP contribution < -0.4 is 14.8 Å². The van der Waals surface area contributed by atoms with Crippen LogP contribution in [0.25, 0.3) is 0 Å². The Bertz CT molecular complexity index is 1020. The molecule has 0 aliphatic heterocycles. The van der Waals surface area contributed by atoms with Gasteiger partial charge in [0.15, 0.2) is 17.1 Å². The number of anilines is 1. The molecule has 1 aromatic heterocycles. The van der Waals surface area contributed by atoms with Crippen molar-refractivity contribution in [2.75, 3.05) is 12.4 Å². The molecule has 0 bridgehead atoms. The molecule has 0 aliphatic rings. The molecular weight excluding hydrogens is 412 g/mol. The molecule has 1 N–H and O–H groups in total. The van der Waals surface area contributed by atoms with Crippen molar-refractivity contribution in [2.24, 2.45) is 0 Å². The molecule has 0 saturated carbocycles. The topological polar surface area (TPSA) is 78.3 Å². The van der Waals surface area contributed by atoms with Gasteiger partial charge in [-0.1, -0.05) is 23.9 Å². The maximum Gasteiger partial charge on any atom is 0.237 e. The molecule has 1 heterocycles. The number of rotatable bonds is 9. The van der Waals surface area contributed by atoms with Crippen molar-refractivity contribution < 1.29 is 14.3 Å². The van der Waals surface area contributed by atoms with Crippen molar-refractivity contribution in [3.05, 3.63) is 59.9 Å². The normalized spacial score (nSPS) is 12.8. The van der Waals surface area contributed by atoms with Crippen LogP contribution in [0.2, 0.25) is 0 Å². The Hall–Kier alpha value is -3.00. The summed E-state index contributed by atoms with van der Waals surface area (Å²) in [6, 6.07) is 15.2. The zero-order valence-electron chi connectivity index (χ0n) is 18.5. The Kier molecular flexibility index (Phi) is 7.57. The van der Waals surface area contributed by atoms with Crippen LogP contribution in [0.5, 0.6) is 11.5 Å². The van der Waals surface area contributed by atoms with Crippen LogP contribution in [0.3, 0.4) is 0 Å². The Labute approximate surface area is 187 Å². The molecule has 3 rings (SSSR count). The minimum absolute atomic E-state index is 0.0784. The Morgan fingerprint density at radius 1 is 1.13 bits per heavy atom. The number of hydrogen-bond donors (Lipinski definition) is 1. The van der Waals surface area contributed by atoms with Gasteiger partial charge in [-0.25, -0.2) is 0 Å². The van der Waals surface area contributed by atoms with Crippen LogP contribution in [0.4, 0.5) is 5.69 Å². The fourth-order valence-electron chi connectivity index (χ4n) is 3.07. The number of amides is 1. The van der Waals surface area contributed by atoms with Crippen LogP contribution in [-0.4, -0.2) is 33.0 Å². The quantitative estimate of drug-likeness (QED) is 0.478. The molecule has 7 nitrogen and oxygen atoms in total. The minimum Gasteiger partial charge on any atom is -0.497 e. The second-order valence-electron chi connectivity index (χ2n) is 7.14. The number of aryl methyl sites for hydroxylation is 1. The highest BCUT2D eigenvalue weighted by Gasteiger charge is 2.23. The number of nitrogens with zero attached hydrogens (tertiary/aromatic N) is 3. The Morgan fingerprint density at radius 2 is 1.84 bits per heavy atom. The van der Waals surface area contributed by atoms with E-state index in [2.05, 4.69) is 15.5 Å². The zero-order valence-corrected chi connectivity index (χ0v) is 19.3. The highest BCUT2D eigenvalue weighted by atomic mass is 32.2. The van der Waals surface area contributed by atoms with E-state index in [0.29, 0.717) is 17.5 Å². The number of benzene rings is 2. The number of carbonyl (C=O) groups is 1. The summed E-state index contributed by atoms with van der Waals surface area (Å²) >= 11 is 1.38. The van der Waals surface area contributed by atoms with E-state index in [9.17, 15) is 4.79 Å². The molecule has 0 radical (unpaired) electrons. The summed E-state index contributed by atoms with van der Waals surface area (Å²) in [5.41, 5.74) is 1.89. The molecule has 2 aromatic carbocycles. The average molecular weight is 441 g/mol. The van der Waals surface area contributed by atoms with E-state index in [-0.39, 0.29) is 17.3 Å². The summed E-state index contributed by atoms with van der Waals surface area (Å²) in [5.74, 6) is 2.13. The summed E-state index contributed by atoms with van der Waals surface area (Å²) < 4.78 is 13.2. The number of aromatic nitrogens is 3. The molecule has 0 saturated heterocycles. The highest BCUT2D eigenvalue weighted by molar-refractivity contribution is 8.00. The molecule has 31 heavy (non-hydrogen) atoms. The number of nitrogens with one attached hydrogen (secondary N) is 1. The number of hydrogen-bond acceptors (Lipinski definition) is 6. The van der Waals surface area contributed by atoms with Gasteiger partial charge in [0.1, 0.15) is 11.5 Å². The Balaban J connectivity index is 1.67. The smallest absolute Gasteiger partial charge is 0.237 e. The van der Waals surface area contributed by atoms with E-state index in [1.165, 1.54) is 11.8 Å². The van der Waals surface area contributed by atoms with Crippen molar-refractivity contribution in [1.29, 1.82) is 0 Å². The standard InChI is InChI=1S/C23H28N4O3S/c1-6-27-21(16(3)30-20-12-10-19(29-5)11-13-20)25-26-23(27)31-17(4)22(28)24-18-9-7-8-15(2)14-18/h7-14,16-17H,6H2,1-5H3,(H,24,28). The number of ether oxygens (including phenoxy) is 2. The summed E-state index contributed by atoms with van der Waals surface area (Å²) in [4.78, 5) is 12.6. The maximum atomic E-state index is 12.6. The molecule has 3 aromatic rings. The number of methoxy groups -OCH3 is 1. The lowest BCUT2D eigenvalue weighted by Crippen LogP contribution is -2.23. The molecule has 0 spiro atoms. The fourth-order valence-corrected chi connectivity index (χ4v) is 3.99. The lowest BCUT2D eigenvalue weighted by Gasteiger charge is -2.17. The average Bonchev–Trinajstić information content (AvgIpc) is 3.16. The van der Waals surface area contributed by atoms with E-state index in [1.54, 1.807) is 7.11 Å². The van der Waals surface area contributed by atoms with Crippen LogP contribution in [-0.2, 0) is 11.3 Å². The first-order chi connectivity index (χ1) is 14.9. The van der Waals surface area contributed by atoms with Gasteiger partial charge in [0.05, 0.1) is 12.4 Å². The Morgan fingerprint density at radius 3 is 2.48 bits per heavy atom. The first-order valence-electron chi connectivity index (χ1n) is 10.2. The van der Waals surface area contributed by atoms with Gasteiger partial charge >= 0.3 is 0 Å². The molecule has 2 atom stereocenters. The molecule has 8 heteroatoms. The first kappa shape index (κ1) is 22.7. The first-order valence-corrected chi connectivity index (χ1v) is 11.1. The predicted octanol–water partition coefficient (Wildman–Crippen LogP) is 4.87. The van der Waals surface area contributed by atoms with Crippen molar-refractivity contribution in [2.45, 2.75) is 50.8 Å². The molecule has 0 fully saturated rings. The van der Waals surface area contributed by atoms with Gasteiger partial charge < -0.3 is 19.4 Å². The largest absolute Gasteiger partial charge is 0.497 e. The lowest BCUT2D eigenvalue weighted by molar-refractivity contribution is -0.115. The molecule has 0 aliphatic carbocycles. The van der Waals surface area contributed by atoms with E-state index in [0.717, 1.165) is 22.7 Å². The summed E-state index contributed by atoms with van der Waals surface area (Å²) in [6.07, 6.45) is -0.299. The molecule has 2 unspecified atom stereocenters. The van der Waals surface area contributed by atoms with E-state index in [4.69, 9.17) is 9.47 Å². The van der Waals surface area contributed by atoms with Crippen molar-refractivity contribution in [3.63, 3.8) is 0 Å². The van der Waals surface area contributed by atoms with Crippen LogP contribution >= 0.6 is 11.8 Å². The molecule has 1 amide bonds. The van der Waals surface area contributed by atoms with Gasteiger partial charge in [0, 0.05) is 12.2 Å². The summed E-state index contributed by atoms with van der Waals surface area (Å²) in [6.45, 7) is 8.49. The maximum absolute atomic E-state index is 12.6. The van der Waals surface area contributed by atoms with Gasteiger partial charge in [-0.05, 0) is 69.7 Å². The lowest BCUT2D eigenvalue weighted by atomic mass is 10.2. The van der Waals surface area contributed by atoms with Gasteiger partial charge in [-0.2, -0.15) is 0 Å². The predicted molar refractivity (Wildman–Crippen MR) is 123 cm³/mol. The highest BCUT2D eigenvalue weighted by Crippen LogP contribution is 2.28. The van der Waals surface area contributed by atoms with E-state index < -0.39 is 0 Å². The van der Waals surface area contributed by atoms with Crippen LogP contribution in [0.15, 0.2) is 53.7 Å². The van der Waals surface area contributed by atoms with Crippen molar-refractivity contribution in [1.82, 2.24) is 14.8 Å². The third-order valence-electron chi connectivity index (χ3n) is 4.73. The van der Waals surface area contributed by atoms with Gasteiger partial charge in [-0.15, -0.1) is 10.2 Å². The minimum atomic E-state index is -0.333. The third-order valence-corrected chi connectivity index (χ3v) is 5.82. The van der Waals surface area contributed by atoms with Crippen molar-refractivity contribution >= 4 is 23.4 Å². The second kappa shape index (κ2) is 10.3. The SMILES string of the molecule is CCn1c(SC(C)C(=O)Nc2cccc(C)c2)nnc1C(C)Oc1ccc(OC)cc1. The summed E-state index contributed by atoms with van der Waals surface area (Å²) in [7, 11) is 1.63. The van der Waals surface area contributed by atoms with Gasteiger partial charge in [0.2, 0.25) is 5.91 Å². The van der Waals surface area contributed by atoms with Gasteiger partial charge in [0.25, 0.3) is 0 Å². The molecular formula is C23H28N4O3S. The van der Waals surface area contributed by atoms with Crippen LogP contribution in [0.1, 0.15) is 38.3 Å². The fraction of sp³-hybridized carbons (Fsp3) is 0.348. The zero-order chi connectivity index (χ0) is 22.4.